The summed E-state index contributed by atoms with van der Waals surface area (Å²) < 4.78 is 11.3. The monoisotopic (exact) mass is 240 g/mol. The van der Waals surface area contributed by atoms with Crippen molar-refractivity contribution in [2.24, 2.45) is 0 Å². The molecular formula is C13H17ClO2. The first-order chi connectivity index (χ1) is 7.81. The van der Waals surface area contributed by atoms with Crippen LogP contribution in [0.2, 0.25) is 0 Å². The highest BCUT2D eigenvalue weighted by molar-refractivity contribution is 6.17. The van der Waals surface area contributed by atoms with Gasteiger partial charge in [-0.25, -0.2) is 0 Å². The Morgan fingerprint density at radius 3 is 2.75 bits per heavy atom. The van der Waals surface area contributed by atoms with Gasteiger partial charge in [-0.1, -0.05) is 13.0 Å². The summed E-state index contributed by atoms with van der Waals surface area (Å²) in [5, 5.41) is 0. The molecule has 0 N–H and O–H groups in total. The van der Waals surface area contributed by atoms with Crippen LogP contribution in [0.4, 0.5) is 0 Å². The molecule has 88 valence electrons. The van der Waals surface area contributed by atoms with Crippen LogP contribution in [-0.4, -0.2) is 19.1 Å². The summed E-state index contributed by atoms with van der Waals surface area (Å²) in [6.07, 6.45) is 1.93. The zero-order valence-electron chi connectivity index (χ0n) is 9.54. The van der Waals surface area contributed by atoms with E-state index in [4.69, 9.17) is 21.1 Å². The van der Waals surface area contributed by atoms with Crippen molar-refractivity contribution < 1.29 is 9.47 Å². The van der Waals surface area contributed by atoms with Gasteiger partial charge in [-0.3, -0.25) is 0 Å². The second-order valence-corrected chi connectivity index (χ2v) is 4.51. The molecule has 0 amide bonds. The number of hydrogen-bond acceptors (Lipinski definition) is 2. The third kappa shape index (κ3) is 2.62. The smallest absolute Gasteiger partial charge is 0.161 e. The maximum atomic E-state index is 5.76. The van der Waals surface area contributed by atoms with Crippen molar-refractivity contribution in [1.82, 2.24) is 0 Å². The number of rotatable bonds is 3. The molecule has 0 fully saturated rings. The molecule has 0 radical (unpaired) electrons. The second kappa shape index (κ2) is 5.44. The van der Waals surface area contributed by atoms with Crippen molar-refractivity contribution >= 4 is 11.6 Å². The first-order valence-electron chi connectivity index (χ1n) is 5.77. The highest BCUT2D eigenvalue weighted by atomic mass is 35.5. The van der Waals surface area contributed by atoms with Crippen molar-refractivity contribution in [3.8, 4) is 11.5 Å². The van der Waals surface area contributed by atoms with Gasteiger partial charge in [-0.15, -0.1) is 11.6 Å². The van der Waals surface area contributed by atoms with Crippen molar-refractivity contribution in [2.45, 2.75) is 25.7 Å². The van der Waals surface area contributed by atoms with Crippen LogP contribution in [0.5, 0.6) is 11.5 Å². The van der Waals surface area contributed by atoms with E-state index in [1.165, 1.54) is 5.56 Å². The van der Waals surface area contributed by atoms with E-state index in [0.29, 0.717) is 11.8 Å². The topological polar surface area (TPSA) is 18.5 Å². The Kier molecular flexibility index (Phi) is 3.94. The molecule has 16 heavy (non-hydrogen) atoms. The molecule has 0 saturated heterocycles. The van der Waals surface area contributed by atoms with E-state index >= 15 is 0 Å². The minimum atomic E-state index is 0.467. The number of alkyl halides is 1. The van der Waals surface area contributed by atoms with E-state index < -0.39 is 0 Å². The summed E-state index contributed by atoms with van der Waals surface area (Å²) in [6.45, 7) is 3.66. The zero-order valence-corrected chi connectivity index (χ0v) is 10.3. The van der Waals surface area contributed by atoms with Gasteiger partial charge in [0.05, 0.1) is 13.2 Å². The zero-order chi connectivity index (χ0) is 11.4. The first-order valence-corrected chi connectivity index (χ1v) is 6.30. The lowest BCUT2D eigenvalue weighted by Crippen LogP contribution is -1.98. The fourth-order valence-electron chi connectivity index (χ4n) is 1.82. The average Bonchev–Trinajstić information content (AvgIpc) is 2.53. The van der Waals surface area contributed by atoms with Crippen LogP contribution in [0.15, 0.2) is 18.2 Å². The third-order valence-electron chi connectivity index (χ3n) is 2.88. The highest BCUT2D eigenvalue weighted by Crippen LogP contribution is 2.33. The van der Waals surface area contributed by atoms with Crippen molar-refractivity contribution in [3.05, 3.63) is 23.8 Å². The van der Waals surface area contributed by atoms with Crippen LogP contribution in [0.3, 0.4) is 0 Å². The minimum Gasteiger partial charge on any atom is -0.490 e. The fourth-order valence-corrected chi connectivity index (χ4v) is 2.14. The molecule has 0 aliphatic carbocycles. The Balaban J connectivity index is 2.20. The standard InChI is InChI=1S/C13H17ClO2/c1-10(5-6-14)11-3-4-12-13(9-11)16-8-2-7-15-12/h3-4,9-10H,2,5-8H2,1H3. The SMILES string of the molecule is CC(CCCl)c1ccc2c(c1)OCCCO2. The number of ether oxygens (including phenoxy) is 2. The normalized spacial score (nSPS) is 16.6. The van der Waals surface area contributed by atoms with E-state index in [1.807, 2.05) is 6.07 Å². The maximum absolute atomic E-state index is 5.76. The summed E-state index contributed by atoms with van der Waals surface area (Å²) in [6, 6.07) is 6.18. The molecule has 0 saturated carbocycles. The highest BCUT2D eigenvalue weighted by Gasteiger charge is 2.13. The quantitative estimate of drug-likeness (QED) is 0.752. The molecule has 0 bridgehead atoms. The van der Waals surface area contributed by atoms with Crippen LogP contribution in [-0.2, 0) is 0 Å². The molecule has 1 aliphatic rings. The van der Waals surface area contributed by atoms with E-state index in [0.717, 1.165) is 37.6 Å². The van der Waals surface area contributed by atoms with Gasteiger partial charge in [0, 0.05) is 12.3 Å². The molecule has 2 nitrogen and oxygen atoms in total. The lowest BCUT2D eigenvalue weighted by atomic mass is 9.98. The summed E-state index contributed by atoms with van der Waals surface area (Å²) in [7, 11) is 0. The molecule has 1 heterocycles. The molecule has 2 rings (SSSR count). The Bertz CT molecular complexity index is 352. The van der Waals surface area contributed by atoms with E-state index in [2.05, 4.69) is 19.1 Å². The first kappa shape index (κ1) is 11.6. The Hall–Kier alpha value is -0.890. The van der Waals surface area contributed by atoms with Crippen LogP contribution in [0, 0.1) is 0 Å². The molecule has 3 heteroatoms. The van der Waals surface area contributed by atoms with Gasteiger partial charge in [0.1, 0.15) is 0 Å². The number of fused-ring (bicyclic) bond motifs is 1. The lowest BCUT2D eigenvalue weighted by Gasteiger charge is -2.13. The van der Waals surface area contributed by atoms with Gasteiger partial charge in [0.15, 0.2) is 11.5 Å². The largest absolute Gasteiger partial charge is 0.490 e. The Labute approximate surface area is 102 Å². The predicted molar refractivity (Wildman–Crippen MR) is 65.8 cm³/mol. The summed E-state index contributed by atoms with van der Waals surface area (Å²) in [5.74, 6) is 2.89. The van der Waals surface area contributed by atoms with Gasteiger partial charge in [0.2, 0.25) is 0 Å². The second-order valence-electron chi connectivity index (χ2n) is 4.14. The van der Waals surface area contributed by atoms with Crippen LogP contribution in [0.25, 0.3) is 0 Å². The van der Waals surface area contributed by atoms with E-state index in [9.17, 15) is 0 Å². The van der Waals surface area contributed by atoms with Crippen LogP contribution in [0.1, 0.15) is 31.2 Å². The molecule has 1 unspecified atom stereocenters. The summed E-state index contributed by atoms with van der Waals surface area (Å²) >= 11 is 5.76. The van der Waals surface area contributed by atoms with Crippen LogP contribution >= 0.6 is 11.6 Å². The summed E-state index contributed by atoms with van der Waals surface area (Å²) in [4.78, 5) is 0. The summed E-state index contributed by atoms with van der Waals surface area (Å²) in [5.41, 5.74) is 1.27. The van der Waals surface area contributed by atoms with Gasteiger partial charge in [-0.05, 0) is 30.0 Å². The molecule has 1 aromatic rings. The molecular weight excluding hydrogens is 224 g/mol. The van der Waals surface area contributed by atoms with Crippen molar-refractivity contribution in [3.63, 3.8) is 0 Å². The van der Waals surface area contributed by atoms with E-state index in [1.54, 1.807) is 0 Å². The van der Waals surface area contributed by atoms with Gasteiger partial charge in [-0.2, -0.15) is 0 Å². The predicted octanol–water partition coefficient (Wildman–Crippen LogP) is 3.58. The Morgan fingerprint density at radius 1 is 1.25 bits per heavy atom. The van der Waals surface area contributed by atoms with E-state index in [-0.39, 0.29) is 0 Å². The molecule has 0 spiro atoms. The number of hydrogen-bond donors (Lipinski definition) is 0. The maximum Gasteiger partial charge on any atom is 0.161 e. The lowest BCUT2D eigenvalue weighted by molar-refractivity contribution is 0.297. The average molecular weight is 241 g/mol. The fraction of sp³-hybridized carbons (Fsp3) is 0.538. The number of benzene rings is 1. The van der Waals surface area contributed by atoms with Gasteiger partial charge >= 0.3 is 0 Å². The van der Waals surface area contributed by atoms with Gasteiger partial charge in [0.25, 0.3) is 0 Å². The van der Waals surface area contributed by atoms with Crippen molar-refractivity contribution in [2.75, 3.05) is 19.1 Å². The number of halogens is 1. The molecule has 1 aromatic carbocycles. The molecule has 1 atom stereocenters. The minimum absolute atomic E-state index is 0.467. The molecule has 1 aliphatic heterocycles. The third-order valence-corrected chi connectivity index (χ3v) is 3.10. The Morgan fingerprint density at radius 2 is 2.00 bits per heavy atom. The van der Waals surface area contributed by atoms with Crippen LogP contribution < -0.4 is 9.47 Å². The molecule has 0 aromatic heterocycles. The van der Waals surface area contributed by atoms with Gasteiger partial charge < -0.3 is 9.47 Å². The van der Waals surface area contributed by atoms with Crippen molar-refractivity contribution in [1.29, 1.82) is 0 Å².